The number of fused-ring (bicyclic) bond motifs is 2. The minimum Gasteiger partial charge on any atom is -0.497 e. The van der Waals surface area contributed by atoms with E-state index in [-0.39, 0.29) is 12.1 Å². The number of carbonyl (C=O) groups excluding carboxylic acids is 2. The van der Waals surface area contributed by atoms with Crippen molar-refractivity contribution in [2.45, 2.75) is 25.3 Å². The molecule has 1 fully saturated rings. The van der Waals surface area contributed by atoms with E-state index in [0.717, 1.165) is 23.3 Å². The van der Waals surface area contributed by atoms with Crippen molar-refractivity contribution in [3.05, 3.63) is 88.5 Å². The molecule has 1 spiro atoms. The van der Waals surface area contributed by atoms with Crippen LogP contribution in [0.25, 0.3) is 0 Å². The van der Waals surface area contributed by atoms with E-state index >= 15 is 0 Å². The van der Waals surface area contributed by atoms with Crippen LogP contribution in [0.5, 0.6) is 5.75 Å². The summed E-state index contributed by atoms with van der Waals surface area (Å²) in [7, 11) is 1.52. The Morgan fingerprint density at radius 3 is 2.53 bits per heavy atom. The van der Waals surface area contributed by atoms with Crippen molar-refractivity contribution >= 4 is 35.1 Å². The van der Waals surface area contributed by atoms with Crippen LogP contribution in [0.1, 0.15) is 22.3 Å². The molecule has 6 nitrogen and oxygen atoms in total. The number of amides is 3. The molecule has 36 heavy (non-hydrogen) atoms. The Hall–Kier alpha value is -3.59. The van der Waals surface area contributed by atoms with Crippen molar-refractivity contribution in [1.82, 2.24) is 4.90 Å². The summed E-state index contributed by atoms with van der Waals surface area (Å²) in [5.41, 5.74) is 3.59. The number of rotatable bonds is 4. The molecule has 3 aromatic carbocycles. The Kier molecular flexibility index (Phi) is 6.12. The summed E-state index contributed by atoms with van der Waals surface area (Å²) in [6.07, 6.45) is 0. The van der Waals surface area contributed by atoms with Crippen LogP contribution in [-0.4, -0.2) is 36.2 Å². The van der Waals surface area contributed by atoms with Crippen molar-refractivity contribution in [3.8, 4) is 5.75 Å². The second-order valence-electron chi connectivity index (χ2n) is 8.85. The van der Waals surface area contributed by atoms with E-state index in [0.29, 0.717) is 35.0 Å². The summed E-state index contributed by atoms with van der Waals surface area (Å²) >= 11 is 1.33. The number of ether oxygens (including phenoxy) is 1. The summed E-state index contributed by atoms with van der Waals surface area (Å²) in [4.78, 5) is 29.1. The third-order valence-corrected chi connectivity index (χ3v) is 8.20. The van der Waals surface area contributed by atoms with Gasteiger partial charge in [0.25, 0.3) is 5.91 Å². The summed E-state index contributed by atoms with van der Waals surface area (Å²) in [5, 5.41) is 2.92. The Labute approximate surface area is 212 Å². The molecule has 0 aromatic heterocycles. The highest BCUT2D eigenvalue weighted by Gasteiger charge is 2.59. The molecule has 1 saturated heterocycles. The predicted molar refractivity (Wildman–Crippen MR) is 136 cm³/mol. The number of benzene rings is 3. The van der Waals surface area contributed by atoms with Crippen molar-refractivity contribution in [2.24, 2.45) is 0 Å². The van der Waals surface area contributed by atoms with Crippen molar-refractivity contribution < 1.29 is 23.1 Å². The number of thioether (sulfide) groups is 1. The van der Waals surface area contributed by atoms with E-state index in [4.69, 9.17) is 4.74 Å². The predicted octanol–water partition coefficient (Wildman–Crippen LogP) is 5.57. The van der Waals surface area contributed by atoms with Gasteiger partial charge in [-0.1, -0.05) is 12.1 Å². The first-order chi connectivity index (χ1) is 17.3. The molecule has 0 aliphatic carbocycles. The molecule has 0 saturated carbocycles. The number of hydrogen-bond acceptors (Lipinski definition) is 4. The Bertz CT molecular complexity index is 1360. The zero-order valence-corrected chi connectivity index (χ0v) is 20.9. The maximum absolute atomic E-state index is 14.5. The minimum absolute atomic E-state index is 0.209. The smallest absolute Gasteiger partial charge is 0.323 e. The first-order valence-electron chi connectivity index (χ1n) is 11.5. The van der Waals surface area contributed by atoms with E-state index in [9.17, 15) is 18.4 Å². The quantitative estimate of drug-likeness (QED) is 0.500. The van der Waals surface area contributed by atoms with Gasteiger partial charge in [-0.2, -0.15) is 0 Å². The monoisotopic (exact) mass is 509 g/mol. The van der Waals surface area contributed by atoms with Gasteiger partial charge in [0.2, 0.25) is 0 Å². The van der Waals surface area contributed by atoms with Crippen molar-refractivity contribution in [2.75, 3.05) is 29.6 Å². The number of nitrogens with one attached hydrogen (secondary N) is 1. The van der Waals surface area contributed by atoms with Gasteiger partial charge in [-0.25, -0.2) is 13.6 Å². The number of carbonyl (C=O) groups is 2. The highest BCUT2D eigenvalue weighted by Crippen LogP contribution is 2.55. The van der Waals surface area contributed by atoms with Gasteiger partial charge in [-0.15, -0.1) is 11.8 Å². The van der Waals surface area contributed by atoms with Crippen LogP contribution < -0.4 is 15.0 Å². The van der Waals surface area contributed by atoms with Gasteiger partial charge >= 0.3 is 6.03 Å². The molecule has 2 aliphatic heterocycles. The fourth-order valence-electron chi connectivity index (χ4n) is 4.73. The minimum atomic E-state index is -1.38. The van der Waals surface area contributed by atoms with E-state index < -0.39 is 28.4 Å². The van der Waals surface area contributed by atoms with Crippen molar-refractivity contribution in [3.63, 3.8) is 0 Å². The van der Waals surface area contributed by atoms with E-state index in [2.05, 4.69) is 5.32 Å². The number of halogens is 2. The second kappa shape index (κ2) is 9.13. The summed E-state index contributed by atoms with van der Waals surface area (Å²) in [6.45, 7) is 3.97. The van der Waals surface area contributed by atoms with Gasteiger partial charge in [0.15, 0.2) is 4.87 Å². The average Bonchev–Trinajstić information content (AvgIpc) is 3.40. The fraction of sp³-hybridized carbons (Fsp3) is 0.259. The molecular weight excluding hydrogens is 484 g/mol. The lowest BCUT2D eigenvalue weighted by atomic mass is 10.1. The maximum Gasteiger partial charge on any atom is 0.323 e. The van der Waals surface area contributed by atoms with Gasteiger partial charge in [-0.3, -0.25) is 9.69 Å². The SMILES string of the molecule is COc1ccc2c(c1)[C@@]1(SCCN1C(=O)Nc1ccc(C)c(C)c1)C(=O)N2Cc1c(F)cccc1F. The first-order valence-corrected chi connectivity index (χ1v) is 12.5. The lowest BCUT2D eigenvalue weighted by Gasteiger charge is -2.33. The van der Waals surface area contributed by atoms with Gasteiger partial charge in [0.1, 0.15) is 17.4 Å². The zero-order chi connectivity index (χ0) is 25.6. The lowest BCUT2D eigenvalue weighted by molar-refractivity contribution is -0.123. The van der Waals surface area contributed by atoms with E-state index in [1.54, 1.807) is 18.2 Å². The highest BCUT2D eigenvalue weighted by molar-refractivity contribution is 8.01. The summed E-state index contributed by atoms with van der Waals surface area (Å²) in [6, 6.07) is 13.9. The number of hydrogen-bond donors (Lipinski definition) is 1. The molecule has 186 valence electrons. The Morgan fingerprint density at radius 1 is 1.08 bits per heavy atom. The number of aryl methyl sites for hydroxylation is 2. The molecule has 1 atom stereocenters. The van der Waals surface area contributed by atoms with Crippen LogP contribution >= 0.6 is 11.8 Å². The van der Waals surface area contributed by atoms with E-state index in [1.807, 2.05) is 32.0 Å². The maximum atomic E-state index is 14.5. The number of anilines is 2. The molecule has 3 aromatic rings. The third-order valence-electron chi connectivity index (χ3n) is 6.78. The van der Waals surface area contributed by atoms with Crippen LogP contribution in [0.4, 0.5) is 25.0 Å². The molecule has 1 N–H and O–H groups in total. The number of methoxy groups -OCH3 is 1. The molecular formula is C27H25F2N3O3S. The van der Waals surface area contributed by atoms with Gasteiger partial charge in [0.05, 0.1) is 19.3 Å². The molecule has 0 bridgehead atoms. The molecule has 5 rings (SSSR count). The molecule has 0 unspecified atom stereocenters. The van der Waals surface area contributed by atoms with Crippen LogP contribution in [0.3, 0.4) is 0 Å². The molecule has 2 aliphatic rings. The highest BCUT2D eigenvalue weighted by atomic mass is 32.2. The summed E-state index contributed by atoms with van der Waals surface area (Å²) < 4.78 is 34.5. The van der Waals surface area contributed by atoms with Crippen LogP contribution in [0, 0.1) is 25.5 Å². The first kappa shape index (κ1) is 24.1. The fourth-order valence-corrected chi connectivity index (χ4v) is 6.18. The van der Waals surface area contributed by atoms with Gasteiger partial charge in [-0.05, 0) is 67.4 Å². The molecule has 9 heteroatoms. The van der Waals surface area contributed by atoms with Gasteiger partial charge < -0.3 is 15.0 Å². The van der Waals surface area contributed by atoms with E-state index in [1.165, 1.54) is 34.7 Å². The number of urea groups is 1. The Balaban J connectivity index is 1.56. The topological polar surface area (TPSA) is 61.9 Å². The van der Waals surface area contributed by atoms with Crippen LogP contribution in [0.15, 0.2) is 54.6 Å². The lowest BCUT2D eigenvalue weighted by Crippen LogP contribution is -2.51. The normalized spacial score (nSPS) is 18.6. The largest absolute Gasteiger partial charge is 0.497 e. The Morgan fingerprint density at radius 2 is 1.83 bits per heavy atom. The van der Waals surface area contributed by atoms with Gasteiger partial charge in [0, 0.05) is 29.1 Å². The molecule has 0 radical (unpaired) electrons. The van der Waals surface area contributed by atoms with Crippen LogP contribution in [-0.2, 0) is 16.2 Å². The number of nitrogens with zero attached hydrogens (tertiary/aromatic N) is 2. The molecule has 3 amide bonds. The second-order valence-corrected chi connectivity index (χ2v) is 10.1. The van der Waals surface area contributed by atoms with Crippen molar-refractivity contribution in [1.29, 1.82) is 0 Å². The third kappa shape index (κ3) is 3.78. The average molecular weight is 510 g/mol. The summed E-state index contributed by atoms with van der Waals surface area (Å²) in [5.74, 6) is -0.859. The zero-order valence-electron chi connectivity index (χ0n) is 20.1. The molecule has 2 heterocycles. The standard InChI is InChI=1S/C27H25F2N3O3S/c1-16-7-8-18(13-17(16)2)30-26(34)32-11-12-36-27(32)21-14-19(35-3)9-10-24(21)31(25(27)33)15-20-22(28)5-4-6-23(20)29/h4-10,13-14H,11-12,15H2,1-3H3,(H,30,34)/t27-/m1/s1. The van der Waals surface area contributed by atoms with Crippen LogP contribution in [0.2, 0.25) is 0 Å².